The fourth-order valence-corrected chi connectivity index (χ4v) is 4.53. The van der Waals surface area contributed by atoms with Crippen molar-refractivity contribution in [3.05, 3.63) is 54.2 Å². The highest BCUT2D eigenvalue weighted by atomic mass is 16.3. The van der Waals surface area contributed by atoms with Gasteiger partial charge in [-0.1, -0.05) is 18.2 Å². The van der Waals surface area contributed by atoms with E-state index >= 15 is 0 Å². The third-order valence-electron chi connectivity index (χ3n) is 6.00. The largest absolute Gasteiger partial charge is 0.506 e. The minimum Gasteiger partial charge on any atom is -0.506 e. The Morgan fingerprint density at radius 3 is 2.74 bits per heavy atom. The monoisotopic (exact) mass is 362 g/mol. The lowest BCUT2D eigenvalue weighted by atomic mass is 9.97. The summed E-state index contributed by atoms with van der Waals surface area (Å²) >= 11 is 0. The first-order chi connectivity index (χ1) is 13.3. The van der Waals surface area contributed by atoms with Crippen LogP contribution in [0.2, 0.25) is 0 Å². The van der Waals surface area contributed by atoms with Crippen LogP contribution >= 0.6 is 0 Å². The molecule has 0 aliphatic carbocycles. The Labute approximate surface area is 159 Å². The summed E-state index contributed by atoms with van der Waals surface area (Å²) in [5.41, 5.74) is 4.71. The van der Waals surface area contributed by atoms with E-state index in [0.717, 1.165) is 51.3 Å². The standard InChI is InChI=1S/C22H26N4O/c27-21-6-1-3-16-7-8-17(24-22(16)21)15-25-11-13-26(14-12-25)20-5-2-4-19-18(20)9-10-23-19/h1-6,9-10,17,23-24,27H,7-8,11-15H2. The second kappa shape index (κ2) is 6.82. The van der Waals surface area contributed by atoms with Crippen LogP contribution in [-0.2, 0) is 6.42 Å². The Balaban J connectivity index is 1.22. The van der Waals surface area contributed by atoms with Crippen LogP contribution in [0.3, 0.4) is 0 Å². The van der Waals surface area contributed by atoms with Crippen molar-refractivity contribution in [2.24, 2.45) is 0 Å². The number of H-pyrrole nitrogens is 1. The van der Waals surface area contributed by atoms with Gasteiger partial charge in [-0.25, -0.2) is 0 Å². The molecular weight excluding hydrogens is 336 g/mol. The van der Waals surface area contributed by atoms with Gasteiger partial charge in [0.1, 0.15) is 5.75 Å². The van der Waals surface area contributed by atoms with E-state index in [1.807, 2.05) is 12.3 Å². The number of para-hydroxylation sites is 1. The Bertz CT molecular complexity index is 942. The number of hydrogen-bond acceptors (Lipinski definition) is 4. The van der Waals surface area contributed by atoms with Crippen LogP contribution in [0.15, 0.2) is 48.7 Å². The van der Waals surface area contributed by atoms with E-state index < -0.39 is 0 Å². The minimum atomic E-state index is 0.376. The molecule has 1 aromatic heterocycles. The molecule has 3 heterocycles. The third-order valence-corrected chi connectivity index (χ3v) is 6.00. The molecule has 1 saturated heterocycles. The lowest BCUT2D eigenvalue weighted by molar-refractivity contribution is 0.243. The van der Waals surface area contributed by atoms with Gasteiger partial charge >= 0.3 is 0 Å². The predicted octanol–water partition coefficient (Wildman–Crippen LogP) is 3.42. The van der Waals surface area contributed by atoms with Crippen molar-refractivity contribution in [1.82, 2.24) is 9.88 Å². The van der Waals surface area contributed by atoms with Gasteiger partial charge in [-0.3, -0.25) is 4.90 Å². The fourth-order valence-electron chi connectivity index (χ4n) is 4.53. The van der Waals surface area contributed by atoms with E-state index in [2.05, 4.69) is 50.4 Å². The maximum absolute atomic E-state index is 10.1. The van der Waals surface area contributed by atoms with Crippen molar-refractivity contribution in [3.63, 3.8) is 0 Å². The summed E-state index contributed by atoms with van der Waals surface area (Å²) in [5, 5.41) is 15.0. The average molecular weight is 362 g/mol. The van der Waals surface area contributed by atoms with Gasteiger partial charge in [0.2, 0.25) is 0 Å². The van der Waals surface area contributed by atoms with Gasteiger partial charge in [0.05, 0.1) is 5.69 Å². The summed E-state index contributed by atoms with van der Waals surface area (Å²) in [4.78, 5) is 8.36. The van der Waals surface area contributed by atoms with Gasteiger partial charge in [0.25, 0.3) is 0 Å². The van der Waals surface area contributed by atoms with Crippen molar-refractivity contribution in [2.45, 2.75) is 18.9 Å². The minimum absolute atomic E-state index is 0.376. The van der Waals surface area contributed by atoms with E-state index in [-0.39, 0.29) is 0 Å². The quantitative estimate of drug-likeness (QED) is 0.625. The van der Waals surface area contributed by atoms with Crippen molar-refractivity contribution < 1.29 is 5.11 Å². The first kappa shape index (κ1) is 16.5. The highest BCUT2D eigenvalue weighted by Gasteiger charge is 2.25. The van der Waals surface area contributed by atoms with E-state index in [9.17, 15) is 5.11 Å². The number of hydrogen-bond donors (Lipinski definition) is 3. The highest BCUT2D eigenvalue weighted by molar-refractivity contribution is 5.92. The van der Waals surface area contributed by atoms with Crippen molar-refractivity contribution in [3.8, 4) is 5.75 Å². The second-order valence-corrected chi connectivity index (χ2v) is 7.69. The molecule has 0 spiro atoms. The number of phenolic OH excluding ortho intramolecular Hbond substituents is 1. The molecule has 2 aliphatic rings. The number of aromatic nitrogens is 1. The third kappa shape index (κ3) is 3.12. The summed E-state index contributed by atoms with van der Waals surface area (Å²) in [7, 11) is 0. The van der Waals surface area contributed by atoms with Crippen LogP contribution in [0.5, 0.6) is 5.75 Å². The molecule has 0 bridgehead atoms. The van der Waals surface area contributed by atoms with E-state index in [1.165, 1.54) is 22.2 Å². The molecule has 0 radical (unpaired) electrons. The highest BCUT2D eigenvalue weighted by Crippen LogP contribution is 2.33. The number of benzene rings is 2. The smallest absolute Gasteiger partial charge is 0.138 e. The molecule has 27 heavy (non-hydrogen) atoms. The predicted molar refractivity (Wildman–Crippen MR) is 111 cm³/mol. The number of aryl methyl sites for hydroxylation is 1. The summed E-state index contributed by atoms with van der Waals surface area (Å²) < 4.78 is 0. The molecule has 5 nitrogen and oxygen atoms in total. The molecule has 1 atom stereocenters. The van der Waals surface area contributed by atoms with Crippen LogP contribution in [0.25, 0.3) is 10.9 Å². The zero-order valence-corrected chi connectivity index (χ0v) is 15.5. The summed E-state index contributed by atoms with van der Waals surface area (Å²) in [6, 6.07) is 14.9. The zero-order chi connectivity index (χ0) is 18.2. The number of nitrogens with one attached hydrogen (secondary N) is 2. The molecule has 3 aromatic rings. The normalized spacial score (nSPS) is 20.4. The summed E-state index contributed by atoms with van der Waals surface area (Å²) in [6.07, 6.45) is 4.18. The van der Waals surface area contributed by atoms with Crippen LogP contribution < -0.4 is 10.2 Å². The van der Waals surface area contributed by atoms with Crippen molar-refractivity contribution in [2.75, 3.05) is 42.9 Å². The number of anilines is 2. The number of phenols is 1. The van der Waals surface area contributed by atoms with Crippen LogP contribution in [0.1, 0.15) is 12.0 Å². The SMILES string of the molecule is Oc1cccc2c1NC(CN1CCN(c3cccc4[nH]ccc34)CC1)CC2. The molecule has 5 rings (SSSR count). The zero-order valence-electron chi connectivity index (χ0n) is 15.5. The van der Waals surface area contributed by atoms with Crippen molar-refractivity contribution in [1.29, 1.82) is 0 Å². The first-order valence-corrected chi connectivity index (χ1v) is 9.89. The molecule has 140 valence electrons. The number of piperazine rings is 1. The maximum Gasteiger partial charge on any atom is 0.138 e. The molecular formula is C22H26N4O. The number of nitrogens with zero attached hydrogens (tertiary/aromatic N) is 2. The van der Waals surface area contributed by atoms with Gasteiger partial charge in [-0.15, -0.1) is 0 Å². The van der Waals surface area contributed by atoms with Crippen LogP contribution in [0, 0.1) is 0 Å². The van der Waals surface area contributed by atoms with Gasteiger partial charge in [-0.2, -0.15) is 0 Å². The molecule has 0 amide bonds. The van der Waals surface area contributed by atoms with E-state index in [4.69, 9.17) is 0 Å². The fraction of sp³-hybridized carbons (Fsp3) is 0.364. The molecule has 1 fully saturated rings. The molecule has 3 N–H and O–H groups in total. The number of aromatic amines is 1. The molecule has 1 unspecified atom stereocenters. The van der Waals surface area contributed by atoms with Gasteiger partial charge in [-0.05, 0) is 42.7 Å². The first-order valence-electron chi connectivity index (χ1n) is 9.89. The lowest BCUT2D eigenvalue weighted by Gasteiger charge is -2.39. The number of fused-ring (bicyclic) bond motifs is 2. The van der Waals surface area contributed by atoms with E-state index in [0.29, 0.717) is 11.8 Å². The topological polar surface area (TPSA) is 54.5 Å². The van der Waals surface area contributed by atoms with Crippen LogP contribution in [0.4, 0.5) is 11.4 Å². The molecule has 2 aromatic carbocycles. The molecule has 0 saturated carbocycles. The number of aromatic hydroxyl groups is 1. The van der Waals surface area contributed by atoms with Crippen LogP contribution in [-0.4, -0.2) is 53.8 Å². The van der Waals surface area contributed by atoms with Crippen molar-refractivity contribution >= 4 is 22.3 Å². The molecule has 5 heteroatoms. The van der Waals surface area contributed by atoms with Gasteiger partial charge in [0.15, 0.2) is 0 Å². The van der Waals surface area contributed by atoms with Gasteiger partial charge < -0.3 is 20.3 Å². The Morgan fingerprint density at radius 2 is 1.85 bits per heavy atom. The Kier molecular flexibility index (Phi) is 4.17. The average Bonchev–Trinajstić information content (AvgIpc) is 3.18. The summed E-state index contributed by atoms with van der Waals surface area (Å²) in [6.45, 7) is 5.30. The number of rotatable bonds is 3. The maximum atomic E-state index is 10.1. The lowest BCUT2D eigenvalue weighted by Crippen LogP contribution is -2.50. The molecule has 2 aliphatic heterocycles. The Hall–Kier alpha value is -2.66. The van der Waals surface area contributed by atoms with E-state index in [1.54, 1.807) is 6.07 Å². The van der Waals surface area contributed by atoms with Gasteiger partial charge in [0, 0.05) is 61.6 Å². The summed E-state index contributed by atoms with van der Waals surface area (Å²) in [5.74, 6) is 0.376. The Morgan fingerprint density at radius 1 is 1.00 bits per heavy atom. The second-order valence-electron chi connectivity index (χ2n) is 7.69.